The number of thioether (sulfide) groups is 1. The van der Waals surface area contributed by atoms with Crippen molar-refractivity contribution in [3.8, 4) is 0 Å². The summed E-state index contributed by atoms with van der Waals surface area (Å²) < 4.78 is 19.3. The number of benzene rings is 2. The van der Waals surface area contributed by atoms with E-state index in [9.17, 15) is 9.18 Å². The normalized spacial score (nSPS) is 16.3. The number of nitrogens with one attached hydrogen (secondary N) is 1. The number of allylic oxidation sites excluding steroid dienone is 1. The van der Waals surface area contributed by atoms with Gasteiger partial charge in [-0.05, 0) is 28.7 Å². The van der Waals surface area contributed by atoms with E-state index < -0.39 is 6.09 Å². The lowest BCUT2D eigenvalue weighted by atomic mass is 10.0. The number of amides is 1. The lowest BCUT2D eigenvalue weighted by Crippen LogP contribution is -2.14. The molecule has 0 aliphatic carbocycles. The van der Waals surface area contributed by atoms with Gasteiger partial charge in [0.05, 0.1) is 0 Å². The quantitative estimate of drug-likeness (QED) is 0.865. The Morgan fingerprint density at radius 3 is 2.78 bits per heavy atom. The summed E-state index contributed by atoms with van der Waals surface area (Å²) in [6.45, 7) is 0.178. The summed E-state index contributed by atoms with van der Waals surface area (Å²) in [7, 11) is 0. The topological polar surface area (TPSA) is 38.3 Å². The minimum absolute atomic E-state index is 0.0964. The second-order valence-electron chi connectivity index (χ2n) is 5.19. The van der Waals surface area contributed by atoms with E-state index in [2.05, 4.69) is 5.32 Å². The Bertz CT molecular complexity index is 718. The summed E-state index contributed by atoms with van der Waals surface area (Å²) in [6.07, 6.45) is 1.39. The number of ether oxygens (including phenoxy) is 1. The fourth-order valence-electron chi connectivity index (χ4n) is 2.34. The van der Waals surface area contributed by atoms with Crippen LogP contribution in [0, 0.1) is 5.82 Å². The monoisotopic (exact) mass is 329 g/mol. The first-order valence-corrected chi connectivity index (χ1v) is 8.32. The van der Waals surface area contributed by atoms with Gasteiger partial charge in [0.1, 0.15) is 12.4 Å². The third-order valence-corrected chi connectivity index (χ3v) is 4.44. The van der Waals surface area contributed by atoms with Crippen molar-refractivity contribution >= 4 is 23.5 Å². The number of hydrogen-bond donors (Lipinski definition) is 1. The zero-order valence-electron chi connectivity index (χ0n) is 12.4. The Morgan fingerprint density at radius 1 is 1.26 bits per heavy atom. The third-order valence-electron chi connectivity index (χ3n) is 3.54. The van der Waals surface area contributed by atoms with Crippen molar-refractivity contribution in [2.24, 2.45) is 0 Å². The van der Waals surface area contributed by atoms with Crippen LogP contribution in [0.1, 0.15) is 17.0 Å². The second-order valence-corrected chi connectivity index (χ2v) is 6.13. The average molecular weight is 329 g/mol. The molecule has 0 bridgehead atoms. The van der Waals surface area contributed by atoms with Crippen molar-refractivity contribution < 1.29 is 13.9 Å². The molecule has 0 fully saturated rings. The van der Waals surface area contributed by atoms with E-state index in [-0.39, 0.29) is 18.3 Å². The summed E-state index contributed by atoms with van der Waals surface area (Å²) in [5, 5.41) is 4.53. The minimum atomic E-state index is -0.600. The van der Waals surface area contributed by atoms with Crippen LogP contribution >= 0.6 is 11.8 Å². The highest BCUT2D eigenvalue weighted by atomic mass is 32.2. The van der Waals surface area contributed by atoms with Gasteiger partial charge in [-0.1, -0.05) is 42.5 Å². The largest absolute Gasteiger partial charge is 0.444 e. The van der Waals surface area contributed by atoms with Gasteiger partial charge in [0, 0.05) is 17.4 Å². The minimum Gasteiger partial charge on any atom is -0.444 e. The van der Waals surface area contributed by atoms with Gasteiger partial charge in [-0.2, -0.15) is 0 Å². The Balaban J connectivity index is 1.58. The summed E-state index contributed by atoms with van der Waals surface area (Å²) in [6, 6.07) is 14.1. The molecule has 0 saturated carbocycles. The van der Waals surface area contributed by atoms with Gasteiger partial charge in [-0.3, -0.25) is 5.32 Å². The Hall–Kier alpha value is -2.27. The highest BCUT2D eigenvalue weighted by Crippen LogP contribution is 2.32. The number of carbonyl (C=O) groups is 1. The van der Waals surface area contributed by atoms with E-state index in [1.54, 1.807) is 23.9 Å². The molecule has 2 aromatic carbocycles. The molecular formula is C18H16FNO2S. The van der Waals surface area contributed by atoms with Crippen molar-refractivity contribution in [2.75, 3.05) is 11.1 Å². The Kier molecular flexibility index (Phi) is 4.98. The van der Waals surface area contributed by atoms with Crippen molar-refractivity contribution in [3.63, 3.8) is 0 Å². The average Bonchev–Trinajstić information content (AvgIpc) is 3.08. The molecule has 0 spiro atoms. The van der Waals surface area contributed by atoms with E-state index >= 15 is 0 Å². The van der Waals surface area contributed by atoms with Crippen LogP contribution in [-0.2, 0) is 11.3 Å². The smallest absolute Gasteiger partial charge is 0.411 e. The molecule has 5 heteroatoms. The van der Waals surface area contributed by atoms with E-state index in [1.807, 2.05) is 41.8 Å². The van der Waals surface area contributed by atoms with E-state index in [4.69, 9.17) is 4.74 Å². The van der Waals surface area contributed by atoms with Crippen molar-refractivity contribution in [1.29, 1.82) is 0 Å². The summed E-state index contributed by atoms with van der Waals surface area (Å²) in [4.78, 5) is 11.8. The standard InChI is InChI=1S/C18H16FNO2S/c19-17-10-15(6-7-16(17)14-8-9-23-12-14)20-18(21)22-11-13-4-2-1-3-5-13/h1-10,14H,11-12H2,(H,20,21). The number of anilines is 1. The maximum Gasteiger partial charge on any atom is 0.411 e. The molecule has 0 radical (unpaired) electrons. The van der Waals surface area contributed by atoms with Gasteiger partial charge in [0.2, 0.25) is 0 Å². The fourth-order valence-corrected chi connectivity index (χ4v) is 3.25. The second kappa shape index (κ2) is 7.33. The molecule has 0 saturated heterocycles. The van der Waals surface area contributed by atoms with Gasteiger partial charge in [-0.15, -0.1) is 11.8 Å². The van der Waals surface area contributed by atoms with Gasteiger partial charge in [0.15, 0.2) is 0 Å². The number of halogens is 1. The highest BCUT2D eigenvalue weighted by Gasteiger charge is 2.17. The van der Waals surface area contributed by atoms with Crippen molar-refractivity contribution in [2.45, 2.75) is 12.5 Å². The fraction of sp³-hybridized carbons (Fsp3) is 0.167. The molecule has 1 amide bonds. The summed E-state index contributed by atoms with van der Waals surface area (Å²) in [5.41, 5.74) is 1.93. The molecule has 3 nitrogen and oxygen atoms in total. The predicted octanol–water partition coefficient (Wildman–Crippen LogP) is 4.92. The molecular weight excluding hydrogens is 313 g/mol. The van der Waals surface area contributed by atoms with Crippen LogP contribution < -0.4 is 5.32 Å². The number of rotatable bonds is 4. The first-order chi connectivity index (χ1) is 11.2. The molecule has 1 N–H and O–H groups in total. The van der Waals surface area contributed by atoms with Crippen LogP contribution in [0.2, 0.25) is 0 Å². The summed E-state index contributed by atoms with van der Waals surface area (Å²) >= 11 is 1.67. The molecule has 1 heterocycles. The maximum absolute atomic E-state index is 14.2. The molecule has 2 aromatic rings. The molecule has 1 aliphatic rings. The molecule has 118 valence electrons. The van der Waals surface area contributed by atoms with Crippen LogP contribution in [0.25, 0.3) is 0 Å². The van der Waals surface area contributed by atoms with Crippen LogP contribution in [0.15, 0.2) is 60.0 Å². The number of carbonyl (C=O) groups excluding carboxylic acids is 1. The lowest BCUT2D eigenvalue weighted by Gasteiger charge is -2.11. The van der Waals surface area contributed by atoms with E-state index in [0.717, 1.165) is 11.3 Å². The SMILES string of the molecule is O=C(Nc1ccc(C2C=CSC2)c(F)c1)OCc1ccccc1. The van der Waals surface area contributed by atoms with Gasteiger partial charge in [0.25, 0.3) is 0 Å². The first-order valence-electron chi connectivity index (χ1n) is 7.28. The zero-order chi connectivity index (χ0) is 16.1. The van der Waals surface area contributed by atoms with Gasteiger partial charge >= 0.3 is 6.09 Å². The summed E-state index contributed by atoms with van der Waals surface area (Å²) in [5.74, 6) is 0.630. The third kappa shape index (κ3) is 4.13. The van der Waals surface area contributed by atoms with Crippen molar-refractivity contribution in [1.82, 2.24) is 0 Å². The Morgan fingerprint density at radius 2 is 2.09 bits per heavy atom. The van der Waals surface area contributed by atoms with E-state index in [1.165, 1.54) is 6.07 Å². The van der Waals surface area contributed by atoms with Crippen LogP contribution in [0.4, 0.5) is 14.9 Å². The maximum atomic E-state index is 14.2. The van der Waals surface area contributed by atoms with Gasteiger partial charge < -0.3 is 4.74 Å². The van der Waals surface area contributed by atoms with Crippen LogP contribution in [-0.4, -0.2) is 11.8 Å². The molecule has 23 heavy (non-hydrogen) atoms. The van der Waals surface area contributed by atoms with E-state index in [0.29, 0.717) is 11.3 Å². The van der Waals surface area contributed by atoms with Crippen molar-refractivity contribution in [3.05, 3.63) is 77.0 Å². The van der Waals surface area contributed by atoms with Gasteiger partial charge in [-0.25, -0.2) is 9.18 Å². The molecule has 1 atom stereocenters. The number of hydrogen-bond acceptors (Lipinski definition) is 3. The first kappa shape index (κ1) is 15.6. The molecule has 3 rings (SSSR count). The van der Waals surface area contributed by atoms with Crippen LogP contribution in [0.5, 0.6) is 0 Å². The molecule has 1 unspecified atom stereocenters. The van der Waals surface area contributed by atoms with Crippen LogP contribution in [0.3, 0.4) is 0 Å². The molecule has 1 aliphatic heterocycles. The zero-order valence-corrected chi connectivity index (χ0v) is 13.2. The highest BCUT2D eigenvalue weighted by molar-refractivity contribution is 8.02. The lowest BCUT2D eigenvalue weighted by molar-refractivity contribution is 0.155. The molecule has 0 aromatic heterocycles. The predicted molar refractivity (Wildman–Crippen MR) is 91.0 cm³/mol. The Labute approximate surface area is 138 Å².